The van der Waals surface area contributed by atoms with Crippen molar-refractivity contribution in [2.24, 2.45) is 0 Å². The van der Waals surface area contributed by atoms with Crippen molar-refractivity contribution in [1.29, 1.82) is 0 Å². The topological polar surface area (TPSA) is 95.1 Å². The van der Waals surface area contributed by atoms with Crippen molar-refractivity contribution < 1.29 is 17.9 Å². The lowest BCUT2D eigenvalue weighted by atomic mass is 10.3. The van der Waals surface area contributed by atoms with Gasteiger partial charge in [-0.3, -0.25) is 9.82 Å². The number of anilines is 1. The number of hydrogen-bond donors (Lipinski definition) is 3. The van der Waals surface area contributed by atoms with Crippen LogP contribution in [0.5, 0.6) is 0 Å². The van der Waals surface area contributed by atoms with E-state index in [4.69, 9.17) is 5.11 Å². The molecule has 0 radical (unpaired) electrons. The third kappa shape index (κ3) is 2.74. The van der Waals surface area contributed by atoms with Gasteiger partial charge >= 0.3 is 0 Å². The van der Waals surface area contributed by atoms with E-state index >= 15 is 0 Å². The summed E-state index contributed by atoms with van der Waals surface area (Å²) in [7, 11) is -3.92. The molecule has 3 N–H and O–H groups in total. The minimum Gasteiger partial charge on any atom is -0.392 e. The third-order valence-electron chi connectivity index (χ3n) is 2.55. The van der Waals surface area contributed by atoms with Crippen LogP contribution in [0.3, 0.4) is 0 Å². The van der Waals surface area contributed by atoms with E-state index in [1.165, 1.54) is 12.1 Å². The van der Waals surface area contributed by atoms with E-state index < -0.39 is 22.4 Å². The Labute approximate surface area is 109 Å². The van der Waals surface area contributed by atoms with Gasteiger partial charge in [0.25, 0.3) is 10.0 Å². The number of halogens is 1. The van der Waals surface area contributed by atoms with Gasteiger partial charge in [0, 0.05) is 16.9 Å². The summed E-state index contributed by atoms with van der Waals surface area (Å²) in [6.07, 6.45) is 0. The summed E-state index contributed by atoms with van der Waals surface area (Å²) in [4.78, 5) is 0. The van der Waals surface area contributed by atoms with Crippen molar-refractivity contribution >= 4 is 15.7 Å². The molecule has 19 heavy (non-hydrogen) atoms. The predicted octanol–water partition coefficient (Wildman–Crippen LogP) is 1.15. The van der Waals surface area contributed by atoms with Crippen LogP contribution in [0.15, 0.2) is 29.3 Å². The molecule has 0 atom stereocenters. The zero-order valence-corrected chi connectivity index (χ0v) is 10.8. The molecule has 0 saturated carbocycles. The van der Waals surface area contributed by atoms with Gasteiger partial charge in [0.15, 0.2) is 0 Å². The smallest absolute Gasteiger partial charge is 0.281 e. The number of aromatic amines is 1. The fraction of sp³-hybridized carbons (Fsp3) is 0.182. The highest BCUT2D eigenvalue weighted by Gasteiger charge is 2.23. The average Bonchev–Trinajstić information content (AvgIpc) is 2.74. The summed E-state index contributed by atoms with van der Waals surface area (Å²) in [5.74, 6) is -0.463. The van der Waals surface area contributed by atoms with E-state index in [1.807, 2.05) is 0 Å². The number of aromatic nitrogens is 2. The Bertz CT molecular complexity index is 680. The maximum atomic E-state index is 12.7. The Morgan fingerprint density at radius 1 is 1.37 bits per heavy atom. The van der Waals surface area contributed by atoms with Gasteiger partial charge in [0.1, 0.15) is 5.82 Å². The van der Waals surface area contributed by atoms with E-state index in [0.29, 0.717) is 5.69 Å². The number of aliphatic hydroxyl groups is 1. The molecule has 0 amide bonds. The summed E-state index contributed by atoms with van der Waals surface area (Å²) in [5, 5.41) is 15.0. The van der Waals surface area contributed by atoms with Crippen molar-refractivity contribution in [2.45, 2.75) is 18.6 Å². The fourth-order valence-corrected chi connectivity index (χ4v) is 2.81. The van der Waals surface area contributed by atoms with Crippen molar-refractivity contribution in [3.8, 4) is 0 Å². The molecule has 102 valence electrons. The lowest BCUT2D eigenvalue weighted by Gasteiger charge is -2.07. The Kier molecular flexibility index (Phi) is 3.54. The van der Waals surface area contributed by atoms with E-state index in [1.54, 1.807) is 6.92 Å². The number of nitrogens with one attached hydrogen (secondary N) is 2. The summed E-state index contributed by atoms with van der Waals surface area (Å²) in [6, 6.07) is 4.87. The van der Waals surface area contributed by atoms with Crippen LogP contribution >= 0.6 is 0 Å². The van der Waals surface area contributed by atoms with Crippen LogP contribution in [0, 0.1) is 12.7 Å². The fourth-order valence-electron chi connectivity index (χ4n) is 1.56. The van der Waals surface area contributed by atoms with Gasteiger partial charge < -0.3 is 5.11 Å². The Morgan fingerprint density at radius 3 is 2.58 bits per heavy atom. The van der Waals surface area contributed by atoms with Crippen molar-refractivity contribution in [3.63, 3.8) is 0 Å². The first kappa shape index (κ1) is 13.5. The summed E-state index contributed by atoms with van der Waals surface area (Å²) in [6.45, 7) is 1.16. The molecule has 6 nitrogen and oxygen atoms in total. The maximum Gasteiger partial charge on any atom is 0.281 e. The highest BCUT2D eigenvalue weighted by atomic mass is 32.2. The number of rotatable bonds is 4. The summed E-state index contributed by atoms with van der Waals surface area (Å²) in [5.41, 5.74) is 0.891. The molecule has 2 aromatic rings. The molecular formula is C11H12FN3O3S. The quantitative estimate of drug-likeness (QED) is 0.785. The molecule has 0 bridgehead atoms. The standard InChI is InChI=1S/C11H12FN3O3S/c1-7-10(6-16)11(14-13-7)19(17,18)15-9-4-2-8(12)3-5-9/h2-5,15-16H,6H2,1H3,(H,13,14). The highest BCUT2D eigenvalue weighted by molar-refractivity contribution is 7.92. The summed E-state index contributed by atoms with van der Waals surface area (Å²) < 4.78 is 39.2. The van der Waals surface area contributed by atoms with Crippen LogP contribution in [0.1, 0.15) is 11.3 Å². The lowest BCUT2D eigenvalue weighted by molar-refractivity contribution is 0.277. The molecule has 0 saturated heterocycles. The number of hydrogen-bond acceptors (Lipinski definition) is 4. The Hall–Kier alpha value is -1.93. The molecule has 1 heterocycles. The molecule has 1 aromatic carbocycles. The normalized spacial score (nSPS) is 11.5. The van der Waals surface area contributed by atoms with E-state index in [-0.39, 0.29) is 16.3 Å². The second-order valence-electron chi connectivity index (χ2n) is 3.90. The first-order valence-corrected chi connectivity index (χ1v) is 6.85. The number of nitrogens with zero attached hydrogens (tertiary/aromatic N) is 1. The van der Waals surface area contributed by atoms with Crippen LogP contribution in [-0.4, -0.2) is 23.7 Å². The van der Waals surface area contributed by atoms with Crippen LogP contribution < -0.4 is 4.72 Å². The van der Waals surface area contributed by atoms with E-state index in [9.17, 15) is 12.8 Å². The van der Waals surface area contributed by atoms with Gasteiger partial charge in [-0.1, -0.05) is 0 Å². The van der Waals surface area contributed by atoms with Gasteiger partial charge in [-0.05, 0) is 31.2 Å². The van der Waals surface area contributed by atoms with E-state index in [2.05, 4.69) is 14.9 Å². The first-order valence-electron chi connectivity index (χ1n) is 5.37. The molecule has 0 aliphatic carbocycles. The predicted molar refractivity (Wildman–Crippen MR) is 66.5 cm³/mol. The monoisotopic (exact) mass is 285 g/mol. The van der Waals surface area contributed by atoms with Crippen LogP contribution in [0.4, 0.5) is 10.1 Å². The van der Waals surface area contributed by atoms with E-state index in [0.717, 1.165) is 12.1 Å². The second-order valence-corrected chi connectivity index (χ2v) is 5.50. The molecule has 0 aliphatic heterocycles. The minimum absolute atomic E-state index is 0.203. The van der Waals surface area contributed by atoms with Crippen LogP contribution in [-0.2, 0) is 16.6 Å². The average molecular weight is 285 g/mol. The van der Waals surface area contributed by atoms with Crippen molar-refractivity contribution in [1.82, 2.24) is 10.2 Å². The summed E-state index contributed by atoms with van der Waals surface area (Å²) >= 11 is 0. The minimum atomic E-state index is -3.92. The van der Waals surface area contributed by atoms with Crippen LogP contribution in [0.25, 0.3) is 0 Å². The molecule has 1 aromatic heterocycles. The Morgan fingerprint density at radius 2 is 2.00 bits per heavy atom. The number of benzene rings is 1. The van der Waals surface area contributed by atoms with Crippen molar-refractivity contribution in [3.05, 3.63) is 41.3 Å². The van der Waals surface area contributed by atoms with Gasteiger partial charge in [-0.25, -0.2) is 4.39 Å². The molecular weight excluding hydrogens is 273 g/mol. The number of sulfonamides is 1. The largest absolute Gasteiger partial charge is 0.392 e. The maximum absolute atomic E-state index is 12.7. The lowest BCUT2D eigenvalue weighted by Crippen LogP contribution is -2.15. The second kappa shape index (κ2) is 4.98. The molecule has 0 fully saturated rings. The third-order valence-corrected chi connectivity index (χ3v) is 3.90. The zero-order valence-electron chi connectivity index (χ0n) is 10.0. The molecule has 0 spiro atoms. The SMILES string of the molecule is Cc1[nH]nc(S(=O)(=O)Nc2ccc(F)cc2)c1CO. The van der Waals surface area contributed by atoms with Gasteiger partial charge in [0.05, 0.1) is 6.61 Å². The zero-order chi connectivity index (χ0) is 14.0. The highest BCUT2D eigenvalue weighted by Crippen LogP contribution is 2.20. The van der Waals surface area contributed by atoms with Crippen LogP contribution in [0.2, 0.25) is 0 Å². The molecule has 0 aliphatic rings. The number of aliphatic hydroxyl groups excluding tert-OH is 1. The molecule has 2 rings (SSSR count). The van der Waals surface area contributed by atoms with Gasteiger partial charge in [0.2, 0.25) is 5.03 Å². The molecule has 8 heteroatoms. The van der Waals surface area contributed by atoms with Crippen molar-refractivity contribution in [2.75, 3.05) is 4.72 Å². The number of aryl methyl sites for hydroxylation is 1. The van der Waals surface area contributed by atoms with Gasteiger partial charge in [-0.2, -0.15) is 13.5 Å². The van der Waals surface area contributed by atoms with Gasteiger partial charge in [-0.15, -0.1) is 0 Å². The Balaban J connectivity index is 2.35. The molecule has 0 unspecified atom stereocenters. The number of H-pyrrole nitrogens is 1. The first-order chi connectivity index (χ1) is 8.94.